The van der Waals surface area contributed by atoms with Crippen LogP contribution < -0.4 is 0 Å². The Hall–Kier alpha value is -0.240. The lowest BCUT2D eigenvalue weighted by Gasteiger charge is -2.22. The first-order valence-electron chi connectivity index (χ1n) is 5.88. The van der Waals surface area contributed by atoms with E-state index in [0.717, 1.165) is 11.4 Å². The van der Waals surface area contributed by atoms with E-state index < -0.39 is 0 Å². The highest BCUT2D eigenvalue weighted by molar-refractivity contribution is 6.30. The molecule has 0 aromatic heterocycles. The van der Waals surface area contributed by atoms with E-state index in [1.165, 1.54) is 5.56 Å². The Morgan fingerprint density at radius 3 is 2.53 bits per heavy atom. The van der Waals surface area contributed by atoms with Crippen LogP contribution in [0.4, 0.5) is 0 Å². The molecule has 1 nitrogen and oxygen atoms in total. The van der Waals surface area contributed by atoms with Gasteiger partial charge >= 0.3 is 0 Å². The molecule has 0 saturated carbocycles. The van der Waals surface area contributed by atoms with Crippen molar-refractivity contribution in [1.82, 2.24) is 0 Å². The summed E-state index contributed by atoms with van der Waals surface area (Å²) in [7, 11) is 0. The van der Waals surface area contributed by atoms with E-state index in [1.807, 2.05) is 18.2 Å². The normalized spacial score (nSPS) is 13.7. The maximum Gasteiger partial charge on any atom is 0.0598 e. The van der Waals surface area contributed by atoms with Crippen molar-refractivity contribution in [2.75, 3.05) is 12.5 Å². The zero-order valence-corrected chi connectivity index (χ0v) is 12.2. The summed E-state index contributed by atoms with van der Waals surface area (Å²) in [4.78, 5) is 0. The number of rotatable bonds is 5. The third kappa shape index (κ3) is 5.76. The largest absolute Gasteiger partial charge is 0.376 e. The van der Waals surface area contributed by atoms with Crippen LogP contribution in [0.3, 0.4) is 0 Å². The third-order valence-corrected chi connectivity index (χ3v) is 3.12. The fourth-order valence-electron chi connectivity index (χ4n) is 1.60. The number of hydrogen-bond donors (Lipinski definition) is 0. The molecule has 3 heteroatoms. The highest BCUT2D eigenvalue weighted by Crippen LogP contribution is 2.24. The molecule has 0 heterocycles. The second kappa shape index (κ2) is 6.63. The molecule has 1 aromatic rings. The minimum absolute atomic E-state index is 0.0921. The van der Waals surface area contributed by atoms with E-state index in [0.29, 0.717) is 18.4 Å². The monoisotopic (exact) mass is 274 g/mol. The summed E-state index contributed by atoms with van der Waals surface area (Å²) in [6.45, 7) is 6.89. The van der Waals surface area contributed by atoms with Crippen molar-refractivity contribution in [3.8, 4) is 0 Å². The van der Waals surface area contributed by atoms with Crippen molar-refractivity contribution in [3.05, 3.63) is 34.9 Å². The van der Waals surface area contributed by atoms with Crippen molar-refractivity contribution < 1.29 is 4.74 Å². The molecular formula is C14H20Cl2O. The van der Waals surface area contributed by atoms with Gasteiger partial charge in [0.1, 0.15) is 0 Å². The minimum atomic E-state index is -0.0921. The van der Waals surface area contributed by atoms with E-state index in [2.05, 4.69) is 26.8 Å². The Morgan fingerprint density at radius 2 is 2.00 bits per heavy atom. The molecule has 0 aliphatic carbocycles. The Morgan fingerprint density at radius 1 is 1.29 bits per heavy atom. The van der Waals surface area contributed by atoms with Crippen LogP contribution in [0.15, 0.2) is 24.3 Å². The molecular weight excluding hydrogens is 255 g/mol. The maximum atomic E-state index is 6.01. The van der Waals surface area contributed by atoms with Gasteiger partial charge in [0, 0.05) is 17.5 Å². The van der Waals surface area contributed by atoms with Crippen molar-refractivity contribution in [2.45, 2.75) is 38.7 Å². The first-order valence-corrected chi connectivity index (χ1v) is 6.79. The molecule has 0 aliphatic rings. The first kappa shape index (κ1) is 14.8. The summed E-state index contributed by atoms with van der Waals surface area (Å²) in [5.74, 6) is 0.895. The van der Waals surface area contributed by atoms with Crippen LogP contribution >= 0.6 is 23.2 Å². The van der Waals surface area contributed by atoms with Gasteiger partial charge in [-0.1, -0.05) is 23.7 Å². The highest BCUT2D eigenvalue weighted by atomic mass is 35.5. The molecule has 1 atom stereocenters. The first-order chi connectivity index (χ1) is 7.92. The quantitative estimate of drug-likeness (QED) is 0.697. The van der Waals surface area contributed by atoms with Crippen LogP contribution in [0, 0.1) is 0 Å². The molecule has 1 unspecified atom stereocenters. The van der Waals surface area contributed by atoms with Gasteiger partial charge in [-0.3, -0.25) is 0 Å². The van der Waals surface area contributed by atoms with E-state index in [9.17, 15) is 0 Å². The van der Waals surface area contributed by atoms with Crippen molar-refractivity contribution >= 4 is 23.2 Å². The molecule has 0 fully saturated rings. The fraction of sp³-hybridized carbons (Fsp3) is 0.571. The average molecular weight is 275 g/mol. The van der Waals surface area contributed by atoms with Gasteiger partial charge in [0.15, 0.2) is 0 Å². The lowest BCUT2D eigenvalue weighted by molar-refractivity contribution is -0.00565. The van der Waals surface area contributed by atoms with Gasteiger partial charge in [0.05, 0.1) is 5.60 Å². The summed E-state index contributed by atoms with van der Waals surface area (Å²) >= 11 is 12.0. The molecule has 1 rings (SSSR count). The number of ether oxygens (including phenoxy) is 1. The highest BCUT2D eigenvalue weighted by Gasteiger charge is 2.14. The lowest BCUT2D eigenvalue weighted by Crippen LogP contribution is -2.21. The summed E-state index contributed by atoms with van der Waals surface area (Å²) in [5.41, 5.74) is 1.09. The Labute approximate surface area is 114 Å². The second-order valence-electron chi connectivity index (χ2n) is 5.16. The minimum Gasteiger partial charge on any atom is -0.376 e. The predicted octanol–water partition coefficient (Wildman–Crippen LogP) is 4.87. The van der Waals surface area contributed by atoms with Crippen molar-refractivity contribution in [2.24, 2.45) is 0 Å². The Kier molecular flexibility index (Phi) is 5.78. The van der Waals surface area contributed by atoms with Crippen LogP contribution in [0.25, 0.3) is 0 Å². The van der Waals surface area contributed by atoms with Crippen LogP contribution in [0.1, 0.15) is 38.7 Å². The zero-order valence-electron chi connectivity index (χ0n) is 10.7. The maximum absolute atomic E-state index is 6.01. The van der Waals surface area contributed by atoms with Crippen LogP contribution in [-0.2, 0) is 4.74 Å². The molecule has 0 spiro atoms. The standard InChI is InChI=1S/C14H20Cl2O/c1-14(2,3)17-8-7-12(10-15)11-5-4-6-13(16)9-11/h4-6,9,12H,7-8,10H2,1-3H3. The van der Waals surface area contributed by atoms with Gasteiger partial charge < -0.3 is 4.74 Å². The van der Waals surface area contributed by atoms with Gasteiger partial charge in [-0.05, 0) is 50.8 Å². The van der Waals surface area contributed by atoms with Gasteiger partial charge in [-0.15, -0.1) is 11.6 Å². The van der Waals surface area contributed by atoms with Crippen LogP contribution in [0.5, 0.6) is 0 Å². The molecule has 0 bridgehead atoms. The number of hydrogen-bond acceptors (Lipinski definition) is 1. The topological polar surface area (TPSA) is 9.23 Å². The average Bonchev–Trinajstić information content (AvgIpc) is 2.23. The molecule has 1 aromatic carbocycles. The second-order valence-corrected chi connectivity index (χ2v) is 5.90. The molecule has 0 amide bonds. The Balaban J connectivity index is 2.54. The summed E-state index contributed by atoms with van der Waals surface area (Å²) in [6, 6.07) is 7.88. The van der Waals surface area contributed by atoms with Crippen LogP contribution in [-0.4, -0.2) is 18.1 Å². The number of alkyl halides is 1. The van der Waals surface area contributed by atoms with E-state index in [1.54, 1.807) is 0 Å². The van der Waals surface area contributed by atoms with E-state index in [-0.39, 0.29) is 5.60 Å². The fourth-order valence-corrected chi connectivity index (χ4v) is 2.13. The number of halogens is 2. The summed E-state index contributed by atoms with van der Waals surface area (Å²) in [5, 5.41) is 0.759. The van der Waals surface area contributed by atoms with E-state index in [4.69, 9.17) is 27.9 Å². The van der Waals surface area contributed by atoms with Gasteiger partial charge in [-0.25, -0.2) is 0 Å². The molecule has 0 saturated heterocycles. The summed E-state index contributed by atoms with van der Waals surface area (Å²) < 4.78 is 5.72. The molecule has 0 radical (unpaired) electrons. The number of benzene rings is 1. The Bertz CT molecular complexity index is 344. The third-order valence-electron chi connectivity index (χ3n) is 2.51. The van der Waals surface area contributed by atoms with Crippen molar-refractivity contribution in [3.63, 3.8) is 0 Å². The van der Waals surface area contributed by atoms with Crippen LogP contribution in [0.2, 0.25) is 5.02 Å². The lowest BCUT2D eigenvalue weighted by atomic mass is 9.98. The molecule has 0 N–H and O–H groups in total. The molecule has 0 aliphatic heterocycles. The zero-order chi connectivity index (χ0) is 12.9. The van der Waals surface area contributed by atoms with Gasteiger partial charge in [0.25, 0.3) is 0 Å². The summed E-state index contributed by atoms with van der Waals surface area (Å²) in [6.07, 6.45) is 0.918. The predicted molar refractivity (Wildman–Crippen MR) is 75.2 cm³/mol. The smallest absolute Gasteiger partial charge is 0.0598 e. The van der Waals surface area contributed by atoms with E-state index >= 15 is 0 Å². The van der Waals surface area contributed by atoms with Gasteiger partial charge in [0.2, 0.25) is 0 Å². The SMILES string of the molecule is CC(C)(C)OCCC(CCl)c1cccc(Cl)c1. The molecule has 96 valence electrons. The molecule has 17 heavy (non-hydrogen) atoms. The van der Waals surface area contributed by atoms with Gasteiger partial charge in [-0.2, -0.15) is 0 Å². The van der Waals surface area contributed by atoms with Crippen molar-refractivity contribution in [1.29, 1.82) is 0 Å².